The molecule has 2 aromatic carbocycles. The van der Waals surface area contributed by atoms with Crippen LogP contribution in [0.25, 0.3) is 0 Å². The molecule has 0 radical (unpaired) electrons. The summed E-state index contributed by atoms with van der Waals surface area (Å²) in [5, 5.41) is 2.66. The van der Waals surface area contributed by atoms with Crippen molar-refractivity contribution in [2.45, 2.75) is 25.1 Å². The van der Waals surface area contributed by atoms with E-state index in [1.807, 2.05) is 0 Å². The van der Waals surface area contributed by atoms with Crippen molar-refractivity contribution in [1.82, 2.24) is 5.32 Å². The molecule has 2 aromatic rings. The second kappa shape index (κ2) is 6.82. The van der Waals surface area contributed by atoms with Gasteiger partial charge in [-0.2, -0.15) is 13.2 Å². The second-order valence-corrected chi connectivity index (χ2v) is 6.01. The molecule has 0 fully saturated rings. The molecular formula is C19H16F3NO3. The van der Waals surface area contributed by atoms with E-state index < -0.39 is 35.2 Å². The first kappa shape index (κ1) is 18.0. The van der Waals surface area contributed by atoms with Crippen LogP contribution in [0.1, 0.15) is 49.9 Å². The number of methoxy groups -OCH3 is 1. The van der Waals surface area contributed by atoms with Gasteiger partial charge in [-0.25, -0.2) is 4.79 Å². The third-order valence-corrected chi connectivity index (χ3v) is 4.43. The number of amides is 1. The number of nitrogens with one attached hydrogen (secondary N) is 1. The third kappa shape index (κ3) is 3.42. The van der Waals surface area contributed by atoms with Gasteiger partial charge in [0.25, 0.3) is 5.91 Å². The maximum atomic E-state index is 13.1. The van der Waals surface area contributed by atoms with Gasteiger partial charge in [-0.05, 0) is 48.2 Å². The van der Waals surface area contributed by atoms with Crippen LogP contribution in [-0.2, 0) is 17.3 Å². The van der Waals surface area contributed by atoms with Gasteiger partial charge in [-0.15, -0.1) is 0 Å². The number of hydrogen-bond donors (Lipinski definition) is 1. The Bertz CT molecular complexity index is 861. The van der Waals surface area contributed by atoms with Gasteiger partial charge < -0.3 is 10.1 Å². The number of ether oxygens (including phenoxy) is 1. The molecule has 0 heterocycles. The molecule has 1 aliphatic rings. The lowest BCUT2D eigenvalue weighted by molar-refractivity contribution is -0.137. The number of benzene rings is 2. The first-order valence-corrected chi connectivity index (χ1v) is 7.99. The summed E-state index contributed by atoms with van der Waals surface area (Å²) in [6.07, 6.45) is -3.39. The average Bonchev–Trinajstić information content (AvgIpc) is 3.02. The average molecular weight is 363 g/mol. The van der Waals surface area contributed by atoms with Crippen LogP contribution in [0.2, 0.25) is 0 Å². The zero-order valence-corrected chi connectivity index (χ0v) is 13.9. The Kier molecular flexibility index (Phi) is 4.71. The van der Waals surface area contributed by atoms with Gasteiger partial charge in [0.15, 0.2) is 0 Å². The van der Waals surface area contributed by atoms with E-state index in [1.54, 1.807) is 18.2 Å². The summed E-state index contributed by atoms with van der Waals surface area (Å²) in [4.78, 5) is 24.1. The summed E-state index contributed by atoms with van der Waals surface area (Å²) in [7, 11) is 1.27. The third-order valence-electron chi connectivity index (χ3n) is 4.43. The molecule has 0 bridgehead atoms. The predicted molar refractivity (Wildman–Crippen MR) is 87.8 cm³/mol. The van der Waals surface area contributed by atoms with E-state index in [0.717, 1.165) is 23.3 Å². The maximum Gasteiger partial charge on any atom is 0.417 e. The first-order chi connectivity index (χ1) is 12.3. The lowest BCUT2D eigenvalue weighted by Gasteiger charge is -2.17. The number of halogens is 3. The molecule has 136 valence electrons. The van der Waals surface area contributed by atoms with Gasteiger partial charge in [0.2, 0.25) is 0 Å². The first-order valence-electron chi connectivity index (χ1n) is 7.99. The molecule has 0 aliphatic heterocycles. The summed E-state index contributed by atoms with van der Waals surface area (Å²) in [5.41, 5.74) is 0.623. The van der Waals surface area contributed by atoms with Crippen molar-refractivity contribution in [3.8, 4) is 0 Å². The van der Waals surface area contributed by atoms with Crippen LogP contribution >= 0.6 is 0 Å². The van der Waals surface area contributed by atoms with E-state index in [1.165, 1.54) is 19.2 Å². The van der Waals surface area contributed by atoms with E-state index in [0.29, 0.717) is 18.4 Å². The number of rotatable bonds is 3. The largest absolute Gasteiger partial charge is 0.465 e. The fourth-order valence-electron chi connectivity index (χ4n) is 3.16. The molecule has 0 spiro atoms. The standard InChI is InChI=1S/C19H16F3NO3/c1-26-18(25)12-7-6-11-8-9-16(14(11)10-12)23-17(24)13-4-2-3-5-15(13)19(20,21)22/h2-7,10,16H,8-9H2,1H3,(H,23,24)/t16-/m1/s1. The Morgan fingerprint density at radius 3 is 2.58 bits per heavy atom. The van der Waals surface area contributed by atoms with Crippen LogP contribution < -0.4 is 5.32 Å². The molecule has 4 nitrogen and oxygen atoms in total. The van der Waals surface area contributed by atoms with E-state index in [-0.39, 0.29) is 0 Å². The van der Waals surface area contributed by atoms with Crippen LogP contribution in [0.4, 0.5) is 13.2 Å². The molecule has 1 aliphatic carbocycles. The molecule has 7 heteroatoms. The minimum Gasteiger partial charge on any atom is -0.465 e. The Morgan fingerprint density at radius 2 is 1.88 bits per heavy atom. The zero-order valence-electron chi connectivity index (χ0n) is 13.9. The van der Waals surface area contributed by atoms with Gasteiger partial charge in [-0.3, -0.25) is 4.79 Å². The fraction of sp³-hybridized carbons (Fsp3) is 0.263. The molecule has 0 saturated heterocycles. The number of alkyl halides is 3. The predicted octanol–water partition coefficient (Wildman–Crippen LogP) is 3.91. The van der Waals surface area contributed by atoms with Crippen LogP contribution in [0.15, 0.2) is 42.5 Å². The minimum atomic E-state index is -4.61. The van der Waals surface area contributed by atoms with Crippen LogP contribution in [-0.4, -0.2) is 19.0 Å². The Balaban J connectivity index is 1.87. The summed E-state index contributed by atoms with van der Waals surface area (Å²) >= 11 is 0. The van der Waals surface area contributed by atoms with Crippen molar-refractivity contribution >= 4 is 11.9 Å². The van der Waals surface area contributed by atoms with Crippen molar-refractivity contribution in [3.05, 3.63) is 70.3 Å². The number of aryl methyl sites for hydroxylation is 1. The van der Waals surface area contributed by atoms with E-state index in [9.17, 15) is 22.8 Å². The summed E-state index contributed by atoms with van der Waals surface area (Å²) in [6, 6.07) is 9.24. The monoisotopic (exact) mass is 363 g/mol. The van der Waals surface area contributed by atoms with Crippen molar-refractivity contribution in [2.75, 3.05) is 7.11 Å². The summed E-state index contributed by atoms with van der Waals surface area (Å²) in [6.45, 7) is 0. The minimum absolute atomic E-state index is 0.336. The highest BCUT2D eigenvalue weighted by atomic mass is 19.4. The molecule has 0 unspecified atom stereocenters. The van der Waals surface area contributed by atoms with Crippen molar-refractivity contribution in [1.29, 1.82) is 0 Å². The smallest absolute Gasteiger partial charge is 0.417 e. The van der Waals surface area contributed by atoms with Gasteiger partial charge in [0.05, 0.1) is 29.8 Å². The van der Waals surface area contributed by atoms with Crippen molar-refractivity contribution in [3.63, 3.8) is 0 Å². The lowest BCUT2D eigenvalue weighted by atomic mass is 10.0. The molecule has 1 N–H and O–H groups in total. The van der Waals surface area contributed by atoms with Crippen LogP contribution in [0.5, 0.6) is 0 Å². The number of carbonyl (C=O) groups excluding carboxylic acids is 2. The molecule has 26 heavy (non-hydrogen) atoms. The highest BCUT2D eigenvalue weighted by Crippen LogP contribution is 2.34. The SMILES string of the molecule is COC(=O)c1ccc2c(c1)[C@H](NC(=O)c1ccccc1C(F)(F)F)CC2. The van der Waals surface area contributed by atoms with Crippen LogP contribution in [0, 0.1) is 0 Å². The number of esters is 1. The normalized spacial score (nSPS) is 16.1. The topological polar surface area (TPSA) is 55.4 Å². The Hall–Kier alpha value is -2.83. The Labute approximate surface area is 148 Å². The zero-order chi connectivity index (χ0) is 18.9. The quantitative estimate of drug-likeness (QED) is 0.842. The number of carbonyl (C=O) groups is 2. The second-order valence-electron chi connectivity index (χ2n) is 6.01. The number of hydrogen-bond acceptors (Lipinski definition) is 3. The molecule has 1 amide bonds. The summed E-state index contributed by atoms with van der Waals surface area (Å²) < 4.78 is 44.0. The molecule has 3 rings (SSSR count). The van der Waals surface area contributed by atoms with Gasteiger partial charge in [0.1, 0.15) is 0 Å². The van der Waals surface area contributed by atoms with Gasteiger partial charge >= 0.3 is 12.1 Å². The maximum absolute atomic E-state index is 13.1. The Morgan fingerprint density at radius 1 is 1.15 bits per heavy atom. The number of fused-ring (bicyclic) bond motifs is 1. The fourth-order valence-corrected chi connectivity index (χ4v) is 3.16. The highest BCUT2D eigenvalue weighted by Gasteiger charge is 2.35. The highest BCUT2D eigenvalue weighted by molar-refractivity contribution is 5.96. The van der Waals surface area contributed by atoms with E-state index in [4.69, 9.17) is 0 Å². The van der Waals surface area contributed by atoms with E-state index >= 15 is 0 Å². The van der Waals surface area contributed by atoms with Gasteiger partial charge in [-0.1, -0.05) is 18.2 Å². The molecule has 1 atom stereocenters. The van der Waals surface area contributed by atoms with E-state index in [2.05, 4.69) is 10.1 Å². The summed E-state index contributed by atoms with van der Waals surface area (Å²) in [5.74, 6) is -1.30. The molecule has 0 aromatic heterocycles. The molecular weight excluding hydrogens is 347 g/mol. The lowest BCUT2D eigenvalue weighted by Crippen LogP contribution is -2.29. The van der Waals surface area contributed by atoms with Crippen LogP contribution in [0.3, 0.4) is 0 Å². The van der Waals surface area contributed by atoms with Crippen molar-refractivity contribution in [2.24, 2.45) is 0 Å². The molecule has 0 saturated carbocycles. The van der Waals surface area contributed by atoms with Crippen molar-refractivity contribution < 1.29 is 27.5 Å². The van der Waals surface area contributed by atoms with Gasteiger partial charge in [0, 0.05) is 0 Å².